The van der Waals surface area contributed by atoms with Crippen molar-refractivity contribution in [3.8, 4) is 0 Å². The van der Waals surface area contributed by atoms with Gasteiger partial charge < -0.3 is 5.73 Å². The van der Waals surface area contributed by atoms with Crippen molar-refractivity contribution in [2.24, 2.45) is 15.8 Å². The molecule has 0 fully saturated rings. The van der Waals surface area contributed by atoms with Crippen molar-refractivity contribution in [3.05, 3.63) is 71.8 Å². The molecule has 0 aliphatic rings. The minimum atomic E-state index is 0.304. The van der Waals surface area contributed by atoms with E-state index in [1.165, 1.54) is 11.1 Å². The second kappa shape index (κ2) is 10.2. The highest BCUT2D eigenvalue weighted by atomic mass is 15.3. The molecule has 3 N–H and O–H groups in total. The van der Waals surface area contributed by atoms with E-state index < -0.39 is 0 Å². The summed E-state index contributed by atoms with van der Waals surface area (Å²) in [6.07, 6.45) is 8.18. The number of hydrogen-bond donors (Lipinski definition) is 2. The van der Waals surface area contributed by atoms with E-state index in [4.69, 9.17) is 5.73 Å². The first-order valence-electron chi connectivity index (χ1n) is 7.22. The predicted octanol–water partition coefficient (Wildman–Crippen LogP) is 3.20. The largest absolute Gasteiger partial charge is 0.369 e. The summed E-state index contributed by atoms with van der Waals surface area (Å²) in [7, 11) is 0. The molecule has 4 heteroatoms. The summed E-state index contributed by atoms with van der Waals surface area (Å²) < 4.78 is 0. The first-order chi connectivity index (χ1) is 10.6. The summed E-state index contributed by atoms with van der Waals surface area (Å²) in [6, 6.07) is 10.2. The molecule has 1 rings (SSSR count). The molecule has 0 aliphatic heterocycles. The fourth-order valence-electron chi connectivity index (χ4n) is 1.59. The van der Waals surface area contributed by atoms with Crippen LogP contribution in [0.1, 0.15) is 19.4 Å². The van der Waals surface area contributed by atoms with Gasteiger partial charge in [-0.1, -0.05) is 60.7 Å². The summed E-state index contributed by atoms with van der Waals surface area (Å²) in [5.41, 5.74) is 11.8. The van der Waals surface area contributed by atoms with Crippen LogP contribution in [0, 0.1) is 0 Å². The van der Waals surface area contributed by atoms with Crippen molar-refractivity contribution in [2.45, 2.75) is 20.3 Å². The third-order valence-corrected chi connectivity index (χ3v) is 2.76. The van der Waals surface area contributed by atoms with Gasteiger partial charge in [0.15, 0.2) is 0 Å². The van der Waals surface area contributed by atoms with Crippen molar-refractivity contribution in [2.75, 3.05) is 6.54 Å². The van der Waals surface area contributed by atoms with Crippen molar-refractivity contribution in [1.82, 2.24) is 5.43 Å². The molecule has 0 unspecified atom stereocenters. The van der Waals surface area contributed by atoms with Gasteiger partial charge in [0.05, 0.1) is 6.21 Å². The van der Waals surface area contributed by atoms with Crippen LogP contribution in [-0.2, 0) is 6.42 Å². The van der Waals surface area contributed by atoms with Crippen LogP contribution < -0.4 is 11.2 Å². The van der Waals surface area contributed by atoms with E-state index in [2.05, 4.69) is 34.2 Å². The van der Waals surface area contributed by atoms with Gasteiger partial charge in [0.25, 0.3) is 0 Å². The zero-order valence-electron chi connectivity index (χ0n) is 13.3. The Labute approximate surface area is 132 Å². The number of hydrogen-bond acceptors (Lipinski definition) is 2. The molecule has 4 nitrogen and oxygen atoms in total. The van der Waals surface area contributed by atoms with Crippen LogP contribution in [-0.4, -0.2) is 18.7 Å². The SMILES string of the molecule is C=CC(/C=N/NC(N)=NCCc1ccccc1)=C\C=C(C)C. The van der Waals surface area contributed by atoms with E-state index in [1.54, 1.807) is 12.3 Å². The molecule has 0 radical (unpaired) electrons. The van der Waals surface area contributed by atoms with Gasteiger partial charge in [-0.2, -0.15) is 5.10 Å². The Morgan fingerprint density at radius 2 is 1.95 bits per heavy atom. The van der Waals surface area contributed by atoms with Gasteiger partial charge in [-0.15, -0.1) is 0 Å². The average Bonchev–Trinajstić information content (AvgIpc) is 2.51. The fourth-order valence-corrected chi connectivity index (χ4v) is 1.59. The van der Waals surface area contributed by atoms with Gasteiger partial charge in [-0.25, -0.2) is 5.43 Å². The fraction of sp³-hybridized carbons (Fsp3) is 0.222. The average molecular weight is 296 g/mol. The lowest BCUT2D eigenvalue weighted by atomic mass is 10.2. The van der Waals surface area contributed by atoms with E-state index in [-0.39, 0.29) is 0 Å². The Hall–Kier alpha value is -2.62. The molecule has 0 atom stereocenters. The van der Waals surface area contributed by atoms with E-state index >= 15 is 0 Å². The highest BCUT2D eigenvalue weighted by molar-refractivity contribution is 5.84. The van der Waals surface area contributed by atoms with Crippen molar-refractivity contribution < 1.29 is 0 Å². The number of allylic oxidation sites excluding steroid dienone is 5. The normalized spacial score (nSPS) is 12.3. The molecule has 0 aliphatic carbocycles. The second-order valence-corrected chi connectivity index (χ2v) is 4.99. The van der Waals surface area contributed by atoms with Crippen LogP contribution in [0.3, 0.4) is 0 Å². The van der Waals surface area contributed by atoms with Crippen LogP contribution in [0.4, 0.5) is 0 Å². The van der Waals surface area contributed by atoms with Crippen LogP contribution in [0.2, 0.25) is 0 Å². The Bertz CT molecular complexity index is 576. The molecule has 0 heterocycles. The number of nitrogens with two attached hydrogens (primary N) is 1. The van der Waals surface area contributed by atoms with Crippen LogP contribution in [0.25, 0.3) is 0 Å². The first-order valence-corrected chi connectivity index (χ1v) is 7.22. The quantitative estimate of drug-likeness (QED) is 0.351. The third kappa shape index (κ3) is 7.85. The number of nitrogens with one attached hydrogen (secondary N) is 1. The topological polar surface area (TPSA) is 62.8 Å². The number of guanidine groups is 1. The van der Waals surface area contributed by atoms with Crippen LogP contribution in [0.5, 0.6) is 0 Å². The zero-order chi connectivity index (χ0) is 16.2. The summed E-state index contributed by atoms with van der Waals surface area (Å²) in [5.74, 6) is 0.304. The number of hydrazone groups is 1. The highest BCUT2D eigenvalue weighted by Crippen LogP contribution is 1.99. The molecule has 0 aromatic heterocycles. The lowest BCUT2D eigenvalue weighted by Gasteiger charge is -2.00. The van der Waals surface area contributed by atoms with Gasteiger partial charge in [0.2, 0.25) is 5.96 Å². The molecule has 1 aromatic rings. The molecule has 1 aromatic carbocycles. The first kappa shape index (κ1) is 17.4. The van der Waals surface area contributed by atoms with E-state index in [1.807, 2.05) is 44.2 Å². The molecule has 0 spiro atoms. The minimum Gasteiger partial charge on any atom is -0.369 e. The van der Waals surface area contributed by atoms with E-state index in [0.717, 1.165) is 12.0 Å². The number of benzene rings is 1. The minimum absolute atomic E-state index is 0.304. The van der Waals surface area contributed by atoms with Gasteiger partial charge in [0, 0.05) is 6.54 Å². The molecule has 0 bridgehead atoms. The molecular formula is C18H24N4. The highest BCUT2D eigenvalue weighted by Gasteiger charge is 1.92. The summed E-state index contributed by atoms with van der Waals surface area (Å²) >= 11 is 0. The monoisotopic (exact) mass is 296 g/mol. The van der Waals surface area contributed by atoms with Crippen molar-refractivity contribution in [3.63, 3.8) is 0 Å². The van der Waals surface area contributed by atoms with Gasteiger partial charge in [-0.3, -0.25) is 4.99 Å². The predicted molar refractivity (Wildman–Crippen MR) is 96.0 cm³/mol. The Kier molecular flexibility index (Phi) is 8.05. The third-order valence-electron chi connectivity index (χ3n) is 2.76. The van der Waals surface area contributed by atoms with Crippen molar-refractivity contribution in [1.29, 1.82) is 0 Å². The van der Waals surface area contributed by atoms with Crippen LogP contribution >= 0.6 is 0 Å². The molecule has 0 saturated heterocycles. The number of rotatable bonds is 7. The smallest absolute Gasteiger partial charge is 0.209 e. The summed E-state index contributed by atoms with van der Waals surface area (Å²) in [5, 5.41) is 4.05. The van der Waals surface area contributed by atoms with Gasteiger partial charge in [0.1, 0.15) is 0 Å². The van der Waals surface area contributed by atoms with E-state index in [9.17, 15) is 0 Å². The standard InChI is InChI=1S/C18H24N4/c1-4-16(11-10-15(2)3)14-21-22-18(19)20-13-12-17-8-6-5-7-9-17/h4-11,14H,1,12-13H2,2-3H3,(H3,19,20,22)/b16-11+,21-14+. The summed E-state index contributed by atoms with van der Waals surface area (Å²) in [4.78, 5) is 4.23. The van der Waals surface area contributed by atoms with Crippen molar-refractivity contribution >= 4 is 12.2 Å². The van der Waals surface area contributed by atoms with Crippen LogP contribution in [0.15, 0.2) is 76.4 Å². The Morgan fingerprint density at radius 1 is 1.23 bits per heavy atom. The second-order valence-electron chi connectivity index (χ2n) is 4.99. The summed E-state index contributed by atoms with van der Waals surface area (Å²) in [6.45, 7) is 8.43. The Morgan fingerprint density at radius 3 is 2.59 bits per heavy atom. The molecule has 22 heavy (non-hydrogen) atoms. The molecule has 0 saturated carbocycles. The molecule has 0 amide bonds. The Balaban J connectivity index is 2.43. The molecule has 116 valence electrons. The van der Waals surface area contributed by atoms with E-state index in [0.29, 0.717) is 12.5 Å². The lowest BCUT2D eigenvalue weighted by molar-refractivity contribution is 0.926. The zero-order valence-corrected chi connectivity index (χ0v) is 13.3. The maximum atomic E-state index is 5.76. The maximum absolute atomic E-state index is 5.76. The maximum Gasteiger partial charge on any atom is 0.209 e. The lowest BCUT2D eigenvalue weighted by Crippen LogP contribution is -2.27. The molecular weight excluding hydrogens is 272 g/mol. The number of aliphatic imine (C=N–C) groups is 1. The van der Waals surface area contributed by atoms with Gasteiger partial charge >= 0.3 is 0 Å². The van der Waals surface area contributed by atoms with Gasteiger partial charge in [-0.05, 0) is 31.4 Å². The number of nitrogens with zero attached hydrogens (tertiary/aromatic N) is 2.